The van der Waals surface area contributed by atoms with Crippen LogP contribution < -0.4 is 11.2 Å². The minimum absolute atomic E-state index is 0.136. The molecule has 0 atom stereocenters. The summed E-state index contributed by atoms with van der Waals surface area (Å²) in [5, 5.41) is 8.32. The minimum Gasteiger partial charge on any atom is -0.480 e. The zero-order chi connectivity index (χ0) is 19.1. The van der Waals surface area contributed by atoms with Gasteiger partial charge in [0.2, 0.25) is 0 Å². The van der Waals surface area contributed by atoms with Crippen LogP contribution >= 0.6 is 0 Å². The van der Waals surface area contributed by atoms with Crippen LogP contribution in [-0.2, 0) is 38.1 Å². The molecule has 0 rings (SSSR count). The molecule has 26 heavy (non-hydrogen) atoms. The van der Waals surface area contributed by atoms with Gasteiger partial charge in [-0.3, -0.25) is 4.84 Å². The number of hydrogen-bond donors (Lipinski definition) is 3. The van der Waals surface area contributed by atoms with Gasteiger partial charge in [0.1, 0.15) is 6.61 Å². The normalized spacial score (nSPS) is 11.1. The Morgan fingerprint density at radius 2 is 1.19 bits per heavy atom. The van der Waals surface area contributed by atoms with E-state index in [1.807, 2.05) is 0 Å². The highest BCUT2D eigenvalue weighted by Gasteiger charge is 1.96. The van der Waals surface area contributed by atoms with E-state index in [-0.39, 0.29) is 6.79 Å². The molecule has 0 spiro atoms. The lowest BCUT2D eigenvalue weighted by Crippen LogP contribution is -2.23. The van der Waals surface area contributed by atoms with Gasteiger partial charge in [-0.1, -0.05) is 0 Å². The molecule has 0 aromatic carbocycles. The van der Waals surface area contributed by atoms with E-state index in [0.717, 1.165) is 0 Å². The molecule has 0 aromatic heterocycles. The average Bonchev–Trinajstić information content (AvgIpc) is 2.62. The standard InChI is InChI=1S/C15H32N2O9/c16-1-3-20-5-7-22-9-11-24-12-10-23-8-6-21-4-2-17-26-14-25-13-15(18)19/h17H,1-14,16H2,(H,18,19). The zero-order valence-corrected chi connectivity index (χ0v) is 15.2. The fraction of sp³-hybridized carbons (Fsp3) is 0.933. The van der Waals surface area contributed by atoms with Crippen molar-refractivity contribution in [3.05, 3.63) is 0 Å². The highest BCUT2D eigenvalue weighted by Crippen LogP contribution is 1.83. The van der Waals surface area contributed by atoms with E-state index in [0.29, 0.717) is 79.2 Å². The number of carbonyl (C=O) groups is 1. The number of rotatable bonds is 22. The second-order valence-electron chi connectivity index (χ2n) is 4.75. The number of nitrogens with one attached hydrogen (secondary N) is 1. The molecule has 4 N–H and O–H groups in total. The molecule has 0 amide bonds. The summed E-state index contributed by atoms with van der Waals surface area (Å²) in [6.07, 6.45) is 0. The predicted molar refractivity (Wildman–Crippen MR) is 90.7 cm³/mol. The summed E-state index contributed by atoms with van der Waals surface area (Å²) in [6.45, 7) is 5.46. The maximum absolute atomic E-state index is 10.1. The number of hydrogen-bond acceptors (Lipinski definition) is 10. The summed E-state index contributed by atoms with van der Waals surface area (Å²) in [7, 11) is 0. The van der Waals surface area contributed by atoms with Crippen LogP contribution in [0.2, 0.25) is 0 Å². The summed E-state index contributed by atoms with van der Waals surface area (Å²) in [4.78, 5) is 15.0. The van der Waals surface area contributed by atoms with Gasteiger partial charge < -0.3 is 39.3 Å². The molecular formula is C15H32N2O9. The van der Waals surface area contributed by atoms with Crippen molar-refractivity contribution in [2.75, 3.05) is 92.6 Å². The highest BCUT2D eigenvalue weighted by atomic mass is 16.8. The minimum atomic E-state index is -1.04. The molecule has 0 saturated carbocycles. The Morgan fingerprint density at radius 3 is 1.65 bits per heavy atom. The quantitative estimate of drug-likeness (QED) is 0.115. The van der Waals surface area contributed by atoms with E-state index in [9.17, 15) is 4.79 Å². The number of hydroxylamine groups is 1. The topological polar surface area (TPSA) is 140 Å². The second-order valence-corrected chi connectivity index (χ2v) is 4.75. The van der Waals surface area contributed by atoms with Gasteiger partial charge in [0.25, 0.3) is 0 Å². The van der Waals surface area contributed by atoms with Crippen molar-refractivity contribution in [3.8, 4) is 0 Å². The van der Waals surface area contributed by atoms with Gasteiger partial charge in [0.05, 0.1) is 66.1 Å². The fourth-order valence-electron chi connectivity index (χ4n) is 1.46. The van der Waals surface area contributed by atoms with Crippen LogP contribution in [0.25, 0.3) is 0 Å². The number of ether oxygens (including phenoxy) is 6. The molecule has 0 fully saturated rings. The molecule has 0 aliphatic heterocycles. The Labute approximate surface area is 153 Å². The molecule has 0 bridgehead atoms. The van der Waals surface area contributed by atoms with E-state index >= 15 is 0 Å². The van der Waals surface area contributed by atoms with Gasteiger partial charge >= 0.3 is 5.97 Å². The van der Waals surface area contributed by atoms with Crippen molar-refractivity contribution >= 4 is 5.97 Å². The van der Waals surface area contributed by atoms with Crippen LogP contribution in [0, 0.1) is 0 Å². The number of aliphatic carboxylic acids is 1. The first kappa shape index (κ1) is 25.1. The van der Waals surface area contributed by atoms with E-state index in [1.54, 1.807) is 0 Å². The van der Waals surface area contributed by atoms with Gasteiger partial charge in [0.15, 0.2) is 6.79 Å². The molecule has 0 aliphatic carbocycles. The molecular weight excluding hydrogens is 352 g/mol. The maximum atomic E-state index is 10.1. The third-order valence-corrected chi connectivity index (χ3v) is 2.57. The van der Waals surface area contributed by atoms with Crippen molar-refractivity contribution in [3.63, 3.8) is 0 Å². The van der Waals surface area contributed by atoms with Crippen LogP contribution in [0.4, 0.5) is 0 Å². The van der Waals surface area contributed by atoms with Crippen LogP contribution in [-0.4, -0.2) is 104 Å². The summed E-state index contributed by atoms with van der Waals surface area (Å²) in [5.74, 6) is -1.04. The molecule has 11 nitrogen and oxygen atoms in total. The monoisotopic (exact) mass is 384 g/mol. The van der Waals surface area contributed by atoms with Crippen molar-refractivity contribution in [1.82, 2.24) is 5.48 Å². The fourth-order valence-corrected chi connectivity index (χ4v) is 1.46. The van der Waals surface area contributed by atoms with E-state index in [2.05, 4.69) is 10.2 Å². The Hall–Kier alpha value is -0.890. The Kier molecular flexibility index (Phi) is 21.4. The van der Waals surface area contributed by atoms with E-state index < -0.39 is 12.6 Å². The zero-order valence-electron chi connectivity index (χ0n) is 15.2. The first-order valence-electron chi connectivity index (χ1n) is 8.50. The second kappa shape index (κ2) is 22.2. The van der Waals surface area contributed by atoms with Crippen molar-refractivity contribution in [2.45, 2.75) is 0 Å². The van der Waals surface area contributed by atoms with Gasteiger partial charge in [-0.05, 0) is 0 Å². The molecule has 0 unspecified atom stereocenters. The summed E-state index contributed by atoms with van der Waals surface area (Å²) >= 11 is 0. The number of carboxylic acids is 1. The molecule has 11 heteroatoms. The molecule has 0 aliphatic rings. The Bertz CT molecular complexity index is 298. The van der Waals surface area contributed by atoms with Crippen molar-refractivity contribution < 1.29 is 43.2 Å². The molecule has 156 valence electrons. The molecule has 0 heterocycles. The highest BCUT2D eigenvalue weighted by molar-refractivity contribution is 5.67. The molecule has 0 radical (unpaired) electrons. The summed E-state index contributed by atoms with van der Waals surface area (Å²) in [5.41, 5.74) is 7.86. The van der Waals surface area contributed by atoms with Gasteiger partial charge in [-0.15, -0.1) is 0 Å². The Morgan fingerprint density at radius 1 is 0.731 bits per heavy atom. The third kappa shape index (κ3) is 23.1. The molecule has 0 aromatic rings. The first-order chi connectivity index (χ1) is 12.8. The van der Waals surface area contributed by atoms with E-state index in [4.69, 9.17) is 39.4 Å². The lowest BCUT2D eigenvalue weighted by atomic mass is 10.6. The predicted octanol–water partition coefficient (Wildman–Crippen LogP) is -1.39. The van der Waals surface area contributed by atoms with Gasteiger partial charge in [-0.25, -0.2) is 4.79 Å². The van der Waals surface area contributed by atoms with Gasteiger partial charge in [0, 0.05) is 13.1 Å². The van der Waals surface area contributed by atoms with Crippen LogP contribution in [0.3, 0.4) is 0 Å². The summed E-state index contributed by atoms with van der Waals surface area (Å²) < 4.78 is 31.1. The van der Waals surface area contributed by atoms with E-state index in [1.165, 1.54) is 0 Å². The number of carboxylic acid groups (broad SMARTS) is 1. The smallest absolute Gasteiger partial charge is 0.329 e. The largest absolute Gasteiger partial charge is 0.480 e. The van der Waals surface area contributed by atoms with Crippen molar-refractivity contribution in [1.29, 1.82) is 0 Å². The lowest BCUT2D eigenvalue weighted by Gasteiger charge is -2.08. The van der Waals surface area contributed by atoms with Crippen LogP contribution in [0.1, 0.15) is 0 Å². The van der Waals surface area contributed by atoms with Crippen LogP contribution in [0.5, 0.6) is 0 Å². The lowest BCUT2D eigenvalue weighted by molar-refractivity contribution is -0.153. The van der Waals surface area contributed by atoms with Gasteiger partial charge in [-0.2, -0.15) is 5.48 Å². The number of nitrogens with two attached hydrogens (primary N) is 1. The van der Waals surface area contributed by atoms with Crippen molar-refractivity contribution in [2.24, 2.45) is 5.73 Å². The third-order valence-electron chi connectivity index (χ3n) is 2.57. The Balaban J connectivity index is 2.98. The average molecular weight is 384 g/mol. The SMILES string of the molecule is NCCOCCOCCOCCOCCOCCNOCOCC(=O)O. The summed E-state index contributed by atoms with van der Waals surface area (Å²) in [6, 6.07) is 0. The first-order valence-corrected chi connectivity index (χ1v) is 8.50. The maximum Gasteiger partial charge on any atom is 0.329 e. The van der Waals surface area contributed by atoms with Crippen LogP contribution in [0.15, 0.2) is 0 Å². The molecule has 0 saturated heterocycles.